The summed E-state index contributed by atoms with van der Waals surface area (Å²) in [5.74, 6) is -0.336. The van der Waals surface area contributed by atoms with E-state index >= 15 is 0 Å². The summed E-state index contributed by atoms with van der Waals surface area (Å²) in [6.07, 6.45) is 15.4. The smallest absolute Gasteiger partial charge is 0.305 e. The van der Waals surface area contributed by atoms with Crippen LogP contribution in [0.25, 0.3) is 0 Å². The summed E-state index contributed by atoms with van der Waals surface area (Å²) in [5.41, 5.74) is 0. The van der Waals surface area contributed by atoms with Gasteiger partial charge in [0, 0.05) is 6.42 Å². The monoisotopic (exact) mass is 430 g/mol. The van der Waals surface area contributed by atoms with Gasteiger partial charge >= 0.3 is 5.97 Å². The molecule has 1 fully saturated rings. The zero-order valence-electron chi connectivity index (χ0n) is 19.1. The van der Waals surface area contributed by atoms with E-state index < -0.39 is 24.4 Å². The van der Waals surface area contributed by atoms with Gasteiger partial charge < -0.3 is 24.8 Å². The molecule has 0 bridgehead atoms. The van der Waals surface area contributed by atoms with Crippen molar-refractivity contribution in [2.45, 2.75) is 134 Å². The van der Waals surface area contributed by atoms with Gasteiger partial charge in [0.15, 0.2) is 0 Å². The molecule has 1 aliphatic rings. The van der Waals surface area contributed by atoms with Crippen LogP contribution in [0.4, 0.5) is 0 Å². The van der Waals surface area contributed by atoms with Crippen LogP contribution in [-0.2, 0) is 14.3 Å². The van der Waals surface area contributed by atoms with Crippen molar-refractivity contribution >= 4 is 5.97 Å². The van der Waals surface area contributed by atoms with E-state index in [2.05, 4.69) is 6.92 Å². The Morgan fingerprint density at radius 3 is 1.77 bits per heavy atom. The Morgan fingerprint density at radius 1 is 0.867 bits per heavy atom. The fourth-order valence-electron chi connectivity index (χ4n) is 3.95. The fraction of sp³-hybridized carbons (Fsp3) is 0.958. The number of ether oxygens (including phenoxy) is 2. The van der Waals surface area contributed by atoms with Crippen molar-refractivity contribution in [3.05, 3.63) is 0 Å². The highest BCUT2D eigenvalue weighted by atomic mass is 16.6. The van der Waals surface area contributed by atoms with Gasteiger partial charge in [0.2, 0.25) is 0 Å². The Labute approximate surface area is 183 Å². The van der Waals surface area contributed by atoms with Crippen LogP contribution in [0.3, 0.4) is 0 Å². The lowest BCUT2D eigenvalue weighted by Crippen LogP contribution is -2.41. The molecule has 4 atom stereocenters. The Hall–Kier alpha value is -0.690. The van der Waals surface area contributed by atoms with Gasteiger partial charge in [-0.3, -0.25) is 4.79 Å². The average molecular weight is 431 g/mol. The van der Waals surface area contributed by atoms with Gasteiger partial charge in [0.25, 0.3) is 0 Å². The number of carbonyl (C=O) groups is 1. The van der Waals surface area contributed by atoms with E-state index in [0.29, 0.717) is 6.42 Å². The number of hydrogen-bond donors (Lipinski definition) is 3. The van der Waals surface area contributed by atoms with Crippen molar-refractivity contribution in [3.63, 3.8) is 0 Å². The molecule has 0 saturated carbocycles. The van der Waals surface area contributed by atoms with Crippen molar-refractivity contribution in [1.82, 2.24) is 0 Å². The topological polar surface area (TPSA) is 96.2 Å². The summed E-state index contributed by atoms with van der Waals surface area (Å²) < 4.78 is 10.2. The third-order valence-electron chi connectivity index (χ3n) is 5.97. The second-order valence-electron chi connectivity index (χ2n) is 8.81. The average Bonchev–Trinajstić information content (AvgIpc) is 3.07. The molecule has 6 nitrogen and oxygen atoms in total. The van der Waals surface area contributed by atoms with Gasteiger partial charge in [0.05, 0.1) is 6.61 Å². The van der Waals surface area contributed by atoms with Crippen LogP contribution < -0.4 is 0 Å². The molecule has 0 aromatic heterocycles. The number of carbonyl (C=O) groups excluding carboxylic acids is 1. The van der Waals surface area contributed by atoms with Crippen molar-refractivity contribution in [3.8, 4) is 0 Å². The summed E-state index contributed by atoms with van der Waals surface area (Å²) in [4.78, 5) is 11.8. The van der Waals surface area contributed by atoms with Crippen molar-refractivity contribution in [2.75, 3.05) is 13.2 Å². The second kappa shape index (κ2) is 17.9. The molecule has 1 rings (SSSR count). The highest BCUT2D eigenvalue weighted by Crippen LogP contribution is 2.18. The van der Waals surface area contributed by atoms with E-state index in [0.717, 1.165) is 19.3 Å². The Balaban J connectivity index is 1.83. The van der Waals surface area contributed by atoms with E-state index in [1.807, 2.05) is 0 Å². The minimum absolute atomic E-state index is 0.0179. The van der Waals surface area contributed by atoms with Crippen LogP contribution in [0.2, 0.25) is 0 Å². The highest BCUT2D eigenvalue weighted by molar-refractivity contribution is 5.69. The van der Waals surface area contributed by atoms with E-state index in [1.165, 1.54) is 77.0 Å². The molecule has 1 heterocycles. The zero-order valence-corrected chi connectivity index (χ0v) is 19.1. The molecule has 1 saturated heterocycles. The molecule has 178 valence electrons. The van der Waals surface area contributed by atoms with Crippen molar-refractivity contribution in [2.24, 2.45) is 0 Å². The predicted octanol–water partition coefficient (Wildman–Crippen LogP) is 4.27. The standard InChI is InChI=1S/C24H46O6/c1-2-3-4-5-6-7-8-9-10-11-12-13-14-15-16-17-22(27)29-19-21(26)24-23(28)20(25)18-30-24/h20-21,23-26,28H,2-19H2,1H3/t20-,21+,23+,24?/m0/s1. The first-order chi connectivity index (χ1) is 14.6. The molecule has 0 aliphatic carbocycles. The zero-order chi connectivity index (χ0) is 22.0. The van der Waals surface area contributed by atoms with Crippen LogP contribution in [-0.4, -0.2) is 58.9 Å². The fourth-order valence-corrected chi connectivity index (χ4v) is 3.95. The number of aliphatic hydroxyl groups excluding tert-OH is 3. The van der Waals surface area contributed by atoms with Crippen LogP contribution in [0.5, 0.6) is 0 Å². The Morgan fingerprint density at radius 2 is 1.33 bits per heavy atom. The number of aliphatic hydroxyl groups is 3. The SMILES string of the molecule is CCCCCCCCCCCCCCCCCC(=O)OC[C@@H](O)C1OC[C@H](O)[C@H]1O. The molecule has 1 aliphatic heterocycles. The van der Waals surface area contributed by atoms with E-state index in [4.69, 9.17) is 9.47 Å². The van der Waals surface area contributed by atoms with Crippen LogP contribution >= 0.6 is 0 Å². The number of unbranched alkanes of at least 4 members (excludes halogenated alkanes) is 14. The summed E-state index contributed by atoms with van der Waals surface area (Å²) in [6, 6.07) is 0. The lowest BCUT2D eigenvalue weighted by Gasteiger charge is -2.20. The minimum atomic E-state index is -1.14. The molecule has 0 aromatic carbocycles. The second-order valence-corrected chi connectivity index (χ2v) is 8.81. The van der Waals surface area contributed by atoms with Crippen LogP contribution in [0.15, 0.2) is 0 Å². The summed E-state index contributed by atoms with van der Waals surface area (Å²) in [5, 5.41) is 29.0. The lowest BCUT2D eigenvalue weighted by molar-refractivity contribution is -0.151. The summed E-state index contributed by atoms with van der Waals surface area (Å²) in [6.45, 7) is 2.03. The largest absolute Gasteiger partial charge is 0.463 e. The Kier molecular flexibility index (Phi) is 16.3. The van der Waals surface area contributed by atoms with Crippen molar-refractivity contribution in [1.29, 1.82) is 0 Å². The third kappa shape index (κ3) is 12.9. The molecular weight excluding hydrogens is 384 g/mol. The molecule has 0 aromatic rings. The summed E-state index contributed by atoms with van der Waals surface area (Å²) >= 11 is 0. The van der Waals surface area contributed by atoms with Gasteiger partial charge in [-0.2, -0.15) is 0 Å². The van der Waals surface area contributed by atoms with Gasteiger partial charge in [-0.25, -0.2) is 0 Å². The van der Waals surface area contributed by atoms with Crippen LogP contribution in [0, 0.1) is 0 Å². The molecule has 6 heteroatoms. The predicted molar refractivity (Wildman–Crippen MR) is 118 cm³/mol. The van der Waals surface area contributed by atoms with E-state index in [9.17, 15) is 20.1 Å². The molecule has 0 spiro atoms. The van der Waals surface area contributed by atoms with E-state index in [1.54, 1.807) is 0 Å². The lowest BCUT2D eigenvalue weighted by atomic mass is 10.0. The van der Waals surface area contributed by atoms with E-state index in [-0.39, 0.29) is 19.2 Å². The number of rotatable bonds is 19. The van der Waals surface area contributed by atoms with Crippen molar-refractivity contribution < 1.29 is 29.6 Å². The number of hydrogen-bond acceptors (Lipinski definition) is 6. The summed E-state index contributed by atoms with van der Waals surface area (Å²) in [7, 11) is 0. The molecule has 0 radical (unpaired) electrons. The number of esters is 1. The molecule has 0 amide bonds. The molecule has 30 heavy (non-hydrogen) atoms. The first-order valence-electron chi connectivity index (χ1n) is 12.4. The molecule has 3 N–H and O–H groups in total. The quantitative estimate of drug-likeness (QED) is 0.209. The first kappa shape index (κ1) is 27.3. The maximum atomic E-state index is 11.8. The Bertz CT molecular complexity index is 417. The van der Waals surface area contributed by atoms with Crippen LogP contribution in [0.1, 0.15) is 110 Å². The third-order valence-corrected chi connectivity index (χ3v) is 5.97. The van der Waals surface area contributed by atoms with Gasteiger partial charge in [-0.15, -0.1) is 0 Å². The van der Waals surface area contributed by atoms with Gasteiger partial charge in [-0.05, 0) is 6.42 Å². The molecular formula is C24H46O6. The maximum Gasteiger partial charge on any atom is 0.305 e. The maximum absolute atomic E-state index is 11.8. The van der Waals surface area contributed by atoms with Gasteiger partial charge in [0.1, 0.15) is 31.0 Å². The molecule has 1 unspecified atom stereocenters. The highest BCUT2D eigenvalue weighted by Gasteiger charge is 2.39. The first-order valence-corrected chi connectivity index (χ1v) is 12.4. The van der Waals surface area contributed by atoms with Gasteiger partial charge in [-0.1, -0.05) is 96.8 Å². The normalized spacial score (nSPS) is 22.3. The minimum Gasteiger partial charge on any atom is -0.463 e.